The van der Waals surface area contributed by atoms with Gasteiger partial charge in [-0.15, -0.1) is 0 Å². The van der Waals surface area contributed by atoms with Crippen LogP contribution in [0.3, 0.4) is 0 Å². The fraction of sp³-hybridized carbons (Fsp3) is 0.263. The van der Waals surface area contributed by atoms with E-state index in [-0.39, 0.29) is 5.91 Å². The van der Waals surface area contributed by atoms with Crippen molar-refractivity contribution in [2.75, 3.05) is 43.5 Å². The number of nitrogens with one attached hydrogen (secondary N) is 1. The molecule has 0 radical (unpaired) electrons. The molecule has 3 rings (SSSR count). The average molecular weight is 339 g/mol. The highest BCUT2D eigenvalue weighted by Crippen LogP contribution is 2.20. The molecule has 1 heterocycles. The maximum atomic E-state index is 12.6. The number of nitrogens with zero attached hydrogens (tertiary/aromatic N) is 2. The summed E-state index contributed by atoms with van der Waals surface area (Å²) in [4.78, 5) is 27.1. The molecule has 0 bridgehead atoms. The topological polar surface area (TPSA) is 61.9 Å². The van der Waals surface area contributed by atoms with Gasteiger partial charge in [-0.25, -0.2) is 0 Å². The van der Waals surface area contributed by atoms with E-state index in [0.717, 1.165) is 30.2 Å². The van der Waals surface area contributed by atoms with E-state index < -0.39 is 0 Å². The molecule has 6 heteroatoms. The number of amides is 2. The Bertz CT molecular complexity index is 721. The van der Waals surface area contributed by atoms with E-state index in [1.54, 1.807) is 31.4 Å². The summed E-state index contributed by atoms with van der Waals surface area (Å²) in [5.41, 5.74) is 2.54. The summed E-state index contributed by atoms with van der Waals surface area (Å²) in [6.45, 7) is 2.92. The molecule has 2 aromatic carbocycles. The minimum Gasteiger partial charge on any atom is -0.497 e. The van der Waals surface area contributed by atoms with Crippen molar-refractivity contribution in [1.29, 1.82) is 0 Å². The van der Waals surface area contributed by atoms with Crippen LogP contribution in [0.5, 0.6) is 5.75 Å². The molecule has 130 valence electrons. The van der Waals surface area contributed by atoms with Crippen LogP contribution in [-0.4, -0.2) is 50.5 Å². The predicted octanol–water partition coefficient (Wildman–Crippen LogP) is 2.23. The Morgan fingerprint density at radius 1 is 1.00 bits per heavy atom. The van der Waals surface area contributed by atoms with Crippen LogP contribution in [0.1, 0.15) is 10.4 Å². The first-order chi connectivity index (χ1) is 12.2. The van der Waals surface area contributed by atoms with Crippen LogP contribution in [0.25, 0.3) is 0 Å². The van der Waals surface area contributed by atoms with Gasteiger partial charge in [-0.2, -0.15) is 0 Å². The van der Waals surface area contributed by atoms with Crippen LogP contribution in [0.4, 0.5) is 11.4 Å². The molecule has 0 spiro atoms. The van der Waals surface area contributed by atoms with Crippen molar-refractivity contribution < 1.29 is 14.3 Å². The van der Waals surface area contributed by atoms with Crippen molar-refractivity contribution in [3.05, 3.63) is 54.1 Å². The fourth-order valence-corrected chi connectivity index (χ4v) is 2.92. The molecule has 0 aromatic heterocycles. The lowest BCUT2D eigenvalue weighted by Crippen LogP contribution is -2.48. The Morgan fingerprint density at radius 3 is 2.20 bits per heavy atom. The Balaban J connectivity index is 1.58. The van der Waals surface area contributed by atoms with Crippen LogP contribution in [-0.2, 0) is 4.79 Å². The van der Waals surface area contributed by atoms with Crippen LogP contribution >= 0.6 is 0 Å². The van der Waals surface area contributed by atoms with E-state index in [1.807, 2.05) is 29.2 Å². The average Bonchev–Trinajstić information content (AvgIpc) is 2.68. The van der Waals surface area contributed by atoms with Crippen molar-refractivity contribution in [2.24, 2.45) is 0 Å². The summed E-state index contributed by atoms with van der Waals surface area (Å²) in [7, 11) is 1.61. The van der Waals surface area contributed by atoms with Gasteiger partial charge in [0.25, 0.3) is 5.91 Å². The maximum absolute atomic E-state index is 12.6. The standard InChI is InChI=1S/C19H21N3O3/c1-25-18-8-2-15(3-9-18)19(24)22-12-10-21(11-13-22)17-6-4-16(5-7-17)20-14-23/h2-9,14H,10-13H2,1H3,(H,20,23). The zero-order valence-electron chi connectivity index (χ0n) is 14.1. The number of hydrogen-bond acceptors (Lipinski definition) is 4. The van der Waals surface area contributed by atoms with Crippen LogP contribution in [0, 0.1) is 0 Å². The zero-order valence-corrected chi connectivity index (χ0v) is 14.1. The first kappa shape index (κ1) is 16.8. The van der Waals surface area contributed by atoms with Gasteiger partial charge in [0, 0.05) is 43.1 Å². The second-order valence-corrected chi connectivity index (χ2v) is 5.82. The van der Waals surface area contributed by atoms with Crippen molar-refractivity contribution >= 4 is 23.7 Å². The number of rotatable bonds is 5. The van der Waals surface area contributed by atoms with Crippen molar-refractivity contribution in [1.82, 2.24) is 4.90 Å². The first-order valence-corrected chi connectivity index (χ1v) is 8.20. The lowest BCUT2D eigenvalue weighted by atomic mass is 10.1. The highest BCUT2D eigenvalue weighted by atomic mass is 16.5. The first-order valence-electron chi connectivity index (χ1n) is 8.20. The summed E-state index contributed by atoms with van der Waals surface area (Å²) < 4.78 is 5.13. The Morgan fingerprint density at radius 2 is 1.64 bits per heavy atom. The molecular weight excluding hydrogens is 318 g/mol. The normalized spacial score (nSPS) is 14.1. The van der Waals surface area contributed by atoms with E-state index in [9.17, 15) is 9.59 Å². The number of carbonyl (C=O) groups is 2. The van der Waals surface area contributed by atoms with Gasteiger partial charge >= 0.3 is 0 Å². The van der Waals surface area contributed by atoms with Gasteiger partial charge in [0.2, 0.25) is 6.41 Å². The molecule has 1 aliphatic heterocycles. The van der Waals surface area contributed by atoms with Crippen molar-refractivity contribution in [2.45, 2.75) is 0 Å². The molecule has 1 saturated heterocycles. The minimum absolute atomic E-state index is 0.0489. The number of carbonyl (C=O) groups excluding carboxylic acids is 2. The minimum atomic E-state index is 0.0489. The molecule has 2 aromatic rings. The van der Waals surface area contributed by atoms with Crippen molar-refractivity contribution in [3.8, 4) is 5.75 Å². The Kier molecular flexibility index (Phi) is 5.18. The SMILES string of the molecule is COc1ccc(C(=O)N2CCN(c3ccc(NC=O)cc3)CC2)cc1. The van der Waals surface area contributed by atoms with E-state index in [0.29, 0.717) is 25.1 Å². The third kappa shape index (κ3) is 3.91. The number of ether oxygens (including phenoxy) is 1. The maximum Gasteiger partial charge on any atom is 0.253 e. The van der Waals surface area contributed by atoms with E-state index in [1.165, 1.54) is 0 Å². The molecule has 0 saturated carbocycles. The summed E-state index contributed by atoms with van der Waals surface area (Å²) in [6, 6.07) is 14.9. The number of hydrogen-bond donors (Lipinski definition) is 1. The molecule has 0 unspecified atom stereocenters. The number of methoxy groups -OCH3 is 1. The van der Waals surface area contributed by atoms with Gasteiger partial charge in [-0.3, -0.25) is 9.59 Å². The van der Waals surface area contributed by atoms with E-state index in [4.69, 9.17) is 4.74 Å². The predicted molar refractivity (Wildman–Crippen MR) is 97.2 cm³/mol. The molecule has 1 fully saturated rings. The Labute approximate surface area is 147 Å². The monoisotopic (exact) mass is 339 g/mol. The summed E-state index contributed by atoms with van der Waals surface area (Å²) >= 11 is 0. The molecule has 1 N–H and O–H groups in total. The number of benzene rings is 2. The molecular formula is C19H21N3O3. The van der Waals surface area contributed by atoms with Crippen molar-refractivity contribution in [3.63, 3.8) is 0 Å². The fourth-order valence-electron chi connectivity index (χ4n) is 2.92. The third-order valence-electron chi connectivity index (χ3n) is 4.36. The van der Waals surface area contributed by atoms with Crippen LogP contribution in [0.2, 0.25) is 0 Å². The molecule has 25 heavy (non-hydrogen) atoms. The second kappa shape index (κ2) is 7.70. The van der Waals surface area contributed by atoms with E-state index >= 15 is 0 Å². The summed E-state index contributed by atoms with van der Waals surface area (Å²) in [6.07, 6.45) is 0.665. The molecule has 6 nitrogen and oxygen atoms in total. The second-order valence-electron chi connectivity index (χ2n) is 5.82. The van der Waals surface area contributed by atoms with Crippen LogP contribution < -0.4 is 15.0 Å². The van der Waals surface area contributed by atoms with Gasteiger partial charge < -0.3 is 19.9 Å². The Hall–Kier alpha value is -3.02. The molecule has 2 amide bonds. The zero-order chi connectivity index (χ0) is 17.6. The molecule has 1 aliphatic rings. The quantitative estimate of drug-likeness (QED) is 0.849. The van der Waals surface area contributed by atoms with Crippen LogP contribution in [0.15, 0.2) is 48.5 Å². The number of piperazine rings is 1. The summed E-state index contributed by atoms with van der Waals surface area (Å²) in [5.74, 6) is 0.793. The smallest absolute Gasteiger partial charge is 0.253 e. The molecule has 0 atom stereocenters. The van der Waals surface area contributed by atoms with E-state index in [2.05, 4.69) is 10.2 Å². The van der Waals surface area contributed by atoms with Gasteiger partial charge in [-0.05, 0) is 48.5 Å². The highest BCUT2D eigenvalue weighted by Gasteiger charge is 2.22. The highest BCUT2D eigenvalue weighted by molar-refractivity contribution is 5.94. The summed E-state index contributed by atoms with van der Waals surface area (Å²) in [5, 5.41) is 2.63. The third-order valence-corrected chi connectivity index (χ3v) is 4.36. The lowest BCUT2D eigenvalue weighted by Gasteiger charge is -2.36. The van der Waals surface area contributed by atoms with Gasteiger partial charge in [0.1, 0.15) is 5.75 Å². The van der Waals surface area contributed by atoms with Gasteiger partial charge in [0.15, 0.2) is 0 Å². The van der Waals surface area contributed by atoms with Gasteiger partial charge in [0.05, 0.1) is 7.11 Å². The molecule has 0 aliphatic carbocycles. The lowest BCUT2D eigenvalue weighted by molar-refractivity contribution is -0.105. The number of anilines is 2. The largest absolute Gasteiger partial charge is 0.497 e. The van der Waals surface area contributed by atoms with Gasteiger partial charge in [-0.1, -0.05) is 0 Å².